The van der Waals surface area contributed by atoms with Crippen LogP contribution in [-0.4, -0.2) is 19.4 Å². The number of hydrogen-bond donors (Lipinski definition) is 0. The van der Waals surface area contributed by atoms with E-state index >= 15 is 0 Å². The van der Waals surface area contributed by atoms with E-state index in [4.69, 9.17) is 7.85 Å². The summed E-state index contributed by atoms with van der Waals surface area (Å²) in [6, 6.07) is 13.9. The third-order valence-corrected chi connectivity index (χ3v) is 3.23. The maximum absolute atomic E-state index is 12.3. The van der Waals surface area contributed by atoms with Crippen LogP contribution in [0.5, 0.6) is 0 Å². The molecule has 3 heteroatoms. The fourth-order valence-electron chi connectivity index (χ4n) is 2.38. The Balaban J connectivity index is 2.12. The Morgan fingerprint density at radius 3 is 2.00 bits per heavy atom. The molecule has 0 heterocycles. The lowest BCUT2D eigenvalue weighted by molar-refractivity contribution is 0.0890. The van der Waals surface area contributed by atoms with Crippen molar-refractivity contribution in [2.45, 2.75) is 5.92 Å². The summed E-state index contributed by atoms with van der Waals surface area (Å²) < 4.78 is 0. The molecule has 0 amide bonds. The molecule has 0 saturated carbocycles. The molecule has 0 saturated heterocycles. The second-order valence-corrected chi connectivity index (χ2v) is 4.38. The molecule has 2 aromatic carbocycles. The van der Waals surface area contributed by atoms with E-state index < -0.39 is 5.92 Å². The van der Waals surface area contributed by atoms with Crippen LogP contribution in [0.3, 0.4) is 0 Å². The van der Waals surface area contributed by atoms with Gasteiger partial charge in [-0.05, 0) is 5.56 Å². The highest BCUT2D eigenvalue weighted by Gasteiger charge is 2.38. The zero-order valence-electron chi connectivity index (χ0n) is 9.59. The van der Waals surface area contributed by atoms with Gasteiger partial charge in [-0.15, -0.1) is 0 Å². The molecule has 0 spiro atoms. The molecule has 2 nitrogen and oxygen atoms in total. The number of Topliss-reactive ketones (excluding diaryl/α,β-unsaturated/α-hetero) is 2. The Labute approximate surface area is 106 Å². The summed E-state index contributed by atoms with van der Waals surface area (Å²) in [6.07, 6.45) is 0. The van der Waals surface area contributed by atoms with Crippen molar-refractivity contribution in [1.82, 2.24) is 0 Å². The first-order chi connectivity index (χ1) is 8.68. The average Bonchev–Trinajstić information content (AvgIpc) is 2.63. The van der Waals surface area contributed by atoms with Crippen LogP contribution >= 0.6 is 0 Å². The molecule has 1 aliphatic rings. The summed E-state index contributed by atoms with van der Waals surface area (Å²) in [5.74, 6) is -1.01. The standard InChI is InChI=1S/C15H9BO2/c16-10-5-3-4-9(8-10)13-14(17)11-6-1-2-7-12(11)15(13)18/h1-8,13H. The Bertz CT molecular complexity index is 626. The Morgan fingerprint density at radius 2 is 1.44 bits per heavy atom. The fourth-order valence-corrected chi connectivity index (χ4v) is 2.38. The number of fused-ring (bicyclic) bond motifs is 1. The maximum Gasteiger partial charge on any atom is 0.178 e. The van der Waals surface area contributed by atoms with Gasteiger partial charge in [-0.3, -0.25) is 9.59 Å². The van der Waals surface area contributed by atoms with E-state index in [-0.39, 0.29) is 11.6 Å². The van der Waals surface area contributed by atoms with Crippen LogP contribution in [0.15, 0.2) is 48.5 Å². The first kappa shape index (κ1) is 11.0. The number of benzene rings is 2. The van der Waals surface area contributed by atoms with Crippen LogP contribution in [0.2, 0.25) is 0 Å². The molecule has 0 atom stereocenters. The van der Waals surface area contributed by atoms with E-state index in [0.717, 1.165) is 0 Å². The highest BCUT2D eigenvalue weighted by atomic mass is 16.2. The van der Waals surface area contributed by atoms with Gasteiger partial charge >= 0.3 is 0 Å². The van der Waals surface area contributed by atoms with Gasteiger partial charge in [-0.1, -0.05) is 54.0 Å². The molecule has 0 bridgehead atoms. The molecule has 0 fully saturated rings. The van der Waals surface area contributed by atoms with E-state index in [9.17, 15) is 9.59 Å². The van der Waals surface area contributed by atoms with Crippen LogP contribution in [-0.2, 0) is 0 Å². The molecule has 1 aliphatic carbocycles. The van der Waals surface area contributed by atoms with Crippen molar-refractivity contribution in [1.29, 1.82) is 0 Å². The minimum absolute atomic E-state index is 0.138. The van der Waals surface area contributed by atoms with Crippen molar-refractivity contribution in [3.63, 3.8) is 0 Å². The van der Waals surface area contributed by atoms with Crippen molar-refractivity contribution in [3.8, 4) is 0 Å². The summed E-state index contributed by atoms with van der Waals surface area (Å²) in [5.41, 5.74) is 2.25. The maximum atomic E-state index is 12.3. The van der Waals surface area contributed by atoms with Crippen molar-refractivity contribution in [2.75, 3.05) is 0 Å². The largest absolute Gasteiger partial charge is 0.293 e. The Hall–Kier alpha value is -2.16. The van der Waals surface area contributed by atoms with Gasteiger partial charge in [0.2, 0.25) is 0 Å². The van der Waals surface area contributed by atoms with Crippen LogP contribution in [0.4, 0.5) is 0 Å². The first-order valence-electron chi connectivity index (χ1n) is 5.71. The number of carbonyl (C=O) groups is 2. The van der Waals surface area contributed by atoms with E-state index in [1.54, 1.807) is 48.5 Å². The summed E-state index contributed by atoms with van der Waals surface area (Å²) in [4.78, 5) is 24.5. The van der Waals surface area contributed by atoms with Gasteiger partial charge < -0.3 is 0 Å². The zero-order chi connectivity index (χ0) is 12.7. The molecule has 3 rings (SSSR count). The molecule has 0 aromatic heterocycles. The van der Waals surface area contributed by atoms with Crippen LogP contribution < -0.4 is 5.46 Å². The highest BCUT2D eigenvalue weighted by Crippen LogP contribution is 2.33. The van der Waals surface area contributed by atoms with Crippen molar-refractivity contribution < 1.29 is 9.59 Å². The van der Waals surface area contributed by atoms with Gasteiger partial charge in [0.1, 0.15) is 13.8 Å². The number of hydrogen-bond acceptors (Lipinski definition) is 2. The van der Waals surface area contributed by atoms with Gasteiger partial charge in [0.25, 0.3) is 0 Å². The topological polar surface area (TPSA) is 34.1 Å². The predicted molar refractivity (Wildman–Crippen MR) is 69.7 cm³/mol. The van der Waals surface area contributed by atoms with E-state index in [1.165, 1.54) is 0 Å². The monoisotopic (exact) mass is 232 g/mol. The van der Waals surface area contributed by atoms with Crippen LogP contribution in [0, 0.1) is 0 Å². The molecule has 2 radical (unpaired) electrons. The summed E-state index contributed by atoms with van der Waals surface area (Å²) in [6.45, 7) is 0. The molecular formula is C15H9BO2. The van der Waals surface area contributed by atoms with Gasteiger partial charge in [0.15, 0.2) is 11.6 Å². The average molecular weight is 232 g/mol. The number of rotatable bonds is 1. The summed E-state index contributed by atoms with van der Waals surface area (Å²) in [5, 5.41) is 0. The molecule has 84 valence electrons. The molecule has 0 aliphatic heterocycles. The smallest absolute Gasteiger partial charge is 0.178 e. The van der Waals surface area contributed by atoms with Crippen LogP contribution in [0.1, 0.15) is 32.2 Å². The fraction of sp³-hybridized carbons (Fsp3) is 0.0667. The van der Waals surface area contributed by atoms with E-state index in [1.807, 2.05) is 0 Å². The molecule has 18 heavy (non-hydrogen) atoms. The first-order valence-corrected chi connectivity index (χ1v) is 5.71. The molecule has 0 unspecified atom stereocenters. The van der Waals surface area contributed by atoms with Gasteiger partial charge in [-0.2, -0.15) is 0 Å². The highest BCUT2D eigenvalue weighted by molar-refractivity contribution is 6.33. The second kappa shape index (κ2) is 3.95. The quantitative estimate of drug-likeness (QED) is 0.553. The lowest BCUT2D eigenvalue weighted by atomic mass is 9.88. The zero-order valence-corrected chi connectivity index (χ0v) is 9.59. The molecule has 2 aromatic rings. The third-order valence-electron chi connectivity index (χ3n) is 3.23. The second-order valence-electron chi connectivity index (χ2n) is 4.38. The molecule has 0 N–H and O–H groups in total. The Kier molecular flexibility index (Phi) is 2.41. The van der Waals surface area contributed by atoms with E-state index in [0.29, 0.717) is 22.2 Å². The normalized spacial score (nSPS) is 14.9. The summed E-state index contributed by atoms with van der Waals surface area (Å²) >= 11 is 0. The molecular weight excluding hydrogens is 223 g/mol. The van der Waals surface area contributed by atoms with Crippen molar-refractivity contribution in [2.24, 2.45) is 0 Å². The van der Waals surface area contributed by atoms with E-state index in [2.05, 4.69) is 0 Å². The number of ketones is 2. The van der Waals surface area contributed by atoms with Gasteiger partial charge in [0, 0.05) is 11.1 Å². The lowest BCUT2D eigenvalue weighted by Gasteiger charge is -2.07. The van der Waals surface area contributed by atoms with Crippen molar-refractivity contribution >= 4 is 24.9 Å². The third kappa shape index (κ3) is 1.51. The Morgan fingerprint density at radius 1 is 0.833 bits per heavy atom. The summed E-state index contributed by atoms with van der Waals surface area (Å²) in [7, 11) is 5.70. The number of carbonyl (C=O) groups excluding carboxylic acids is 2. The minimum Gasteiger partial charge on any atom is -0.293 e. The van der Waals surface area contributed by atoms with Gasteiger partial charge in [0.05, 0.1) is 0 Å². The predicted octanol–water partition coefficient (Wildman–Crippen LogP) is 1.64. The lowest BCUT2D eigenvalue weighted by Crippen LogP contribution is -2.15. The van der Waals surface area contributed by atoms with Gasteiger partial charge in [-0.25, -0.2) is 0 Å². The minimum atomic E-state index is -0.731. The SMILES string of the molecule is [B]c1cccc(C2C(=O)c3ccccc3C2=O)c1. The van der Waals surface area contributed by atoms with Crippen LogP contribution in [0.25, 0.3) is 0 Å². The van der Waals surface area contributed by atoms with Crippen molar-refractivity contribution in [3.05, 3.63) is 65.2 Å².